The molecule has 3 heteroatoms. The van der Waals surface area contributed by atoms with Gasteiger partial charge < -0.3 is 11.1 Å². The third-order valence-electron chi connectivity index (χ3n) is 3.06. The van der Waals surface area contributed by atoms with Crippen molar-refractivity contribution in [3.8, 4) is 0 Å². The summed E-state index contributed by atoms with van der Waals surface area (Å²) in [7, 11) is 0. The lowest BCUT2D eigenvalue weighted by Crippen LogP contribution is -2.14. The summed E-state index contributed by atoms with van der Waals surface area (Å²) in [6.45, 7) is 2.06. The Morgan fingerprint density at radius 2 is 2.19 bits per heavy atom. The highest BCUT2D eigenvalue weighted by Gasteiger charge is 2.19. The van der Waals surface area contributed by atoms with Gasteiger partial charge in [-0.1, -0.05) is 18.9 Å². The SMILES string of the molecule is Nc1ccc(CNCCCC2CC2)cc1Br. The molecule has 0 radical (unpaired) electrons. The largest absolute Gasteiger partial charge is 0.398 e. The normalized spacial score (nSPS) is 15.3. The average molecular weight is 283 g/mol. The van der Waals surface area contributed by atoms with Gasteiger partial charge in [0.05, 0.1) is 0 Å². The van der Waals surface area contributed by atoms with Crippen molar-refractivity contribution < 1.29 is 0 Å². The molecular weight excluding hydrogens is 264 g/mol. The van der Waals surface area contributed by atoms with E-state index in [-0.39, 0.29) is 0 Å². The minimum atomic E-state index is 0.803. The van der Waals surface area contributed by atoms with Crippen LogP contribution in [0.25, 0.3) is 0 Å². The number of hydrogen-bond donors (Lipinski definition) is 2. The first-order valence-electron chi connectivity index (χ1n) is 6.00. The van der Waals surface area contributed by atoms with Gasteiger partial charge in [0.1, 0.15) is 0 Å². The molecule has 1 aromatic carbocycles. The minimum absolute atomic E-state index is 0.803. The summed E-state index contributed by atoms with van der Waals surface area (Å²) >= 11 is 3.44. The van der Waals surface area contributed by atoms with Gasteiger partial charge in [-0.15, -0.1) is 0 Å². The Morgan fingerprint density at radius 3 is 2.88 bits per heavy atom. The number of rotatable bonds is 6. The molecule has 0 aliphatic heterocycles. The molecule has 1 fully saturated rings. The first kappa shape index (κ1) is 11.9. The van der Waals surface area contributed by atoms with Crippen LogP contribution in [0.4, 0.5) is 5.69 Å². The van der Waals surface area contributed by atoms with Crippen molar-refractivity contribution in [2.24, 2.45) is 5.92 Å². The van der Waals surface area contributed by atoms with E-state index in [0.29, 0.717) is 0 Å². The zero-order valence-electron chi connectivity index (χ0n) is 9.51. The number of nitrogens with one attached hydrogen (secondary N) is 1. The van der Waals surface area contributed by atoms with Crippen LogP contribution in [0.2, 0.25) is 0 Å². The predicted octanol–water partition coefficient (Wildman–Crippen LogP) is 3.31. The van der Waals surface area contributed by atoms with Gasteiger partial charge in [0, 0.05) is 16.7 Å². The lowest BCUT2D eigenvalue weighted by molar-refractivity contribution is 0.594. The first-order chi connectivity index (χ1) is 7.75. The molecule has 0 spiro atoms. The standard InChI is InChI=1S/C13H19BrN2/c14-12-8-11(5-6-13(12)15)9-16-7-1-2-10-3-4-10/h5-6,8,10,16H,1-4,7,9,15H2. The van der Waals surface area contributed by atoms with Crippen molar-refractivity contribution in [2.45, 2.75) is 32.2 Å². The molecule has 1 aliphatic carbocycles. The topological polar surface area (TPSA) is 38.0 Å². The van der Waals surface area contributed by atoms with Crippen LogP contribution in [0.1, 0.15) is 31.2 Å². The maximum atomic E-state index is 5.74. The van der Waals surface area contributed by atoms with E-state index in [1.54, 1.807) is 0 Å². The molecule has 2 nitrogen and oxygen atoms in total. The highest BCUT2D eigenvalue weighted by atomic mass is 79.9. The van der Waals surface area contributed by atoms with E-state index < -0.39 is 0 Å². The molecule has 1 aliphatic rings. The third kappa shape index (κ3) is 3.80. The summed E-state index contributed by atoms with van der Waals surface area (Å²) in [5.74, 6) is 1.05. The number of hydrogen-bond acceptors (Lipinski definition) is 2. The van der Waals surface area contributed by atoms with Crippen LogP contribution < -0.4 is 11.1 Å². The molecule has 0 bridgehead atoms. The van der Waals surface area contributed by atoms with Crippen LogP contribution in [-0.2, 0) is 6.54 Å². The smallest absolute Gasteiger partial charge is 0.0458 e. The van der Waals surface area contributed by atoms with E-state index in [0.717, 1.165) is 29.2 Å². The summed E-state index contributed by atoms with van der Waals surface area (Å²) < 4.78 is 0.991. The molecular formula is C13H19BrN2. The molecule has 0 aromatic heterocycles. The monoisotopic (exact) mass is 282 g/mol. The Bertz CT molecular complexity index is 348. The zero-order chi connectivity index (χ0) is 11.4. The van der Waals surface area contributed by atoms with Crippen molar-refractivity contribution in [2.75, 3.05) is 12.3 Å². The van der Waals surface area contributed by atoms with E-state index in [2.05, 4.69) is 33.4 Å². The molecule has 16 heavy (non-hydrogen) atoms. The number of nitrogens with two attached hydrogens (primary N) is 1. The fourth-order valence-electron chi connectivity index (χ4n) is 1.84. The Kier molecular flexibility index (Phi) is 4.24. The average Bonchev–Trinajstić information content (AvgIpc) is 3.07. The van der Waals surface area contributed by atoms with Crippen LogP contribution in [-0.4, -0.2) is 6.54 Å². The molecule has 0 atom stereocenters. The number of nitrogen functional groups attached to an aromatic ring is 1. The van der Waals surface area contributed by atoms with Crippen molar-refractivity contribution in [1.82, 2.24) is 5.32 Å². The summed E-state index contributed by atoms with van der Waals surface area (Å²) in [5, 5.41) is 3.47. The number of anilines is 1. The molecule has 0 amide bonds. The molecule has 2 rings (SSSR count). The summed E-state index contributed by atoms with van der Waals surface area (Å²) in [4.78, 5) is 0. The second-order valence-electron chi connectivity index (χ2n) is 4.62. The molecule has 3 N–H and O–H groups in total. The lowest BCUT2D eigenvalue weighted by atomic mass is 10.2. The van der Waals surface area contributed by atoms with E-state index >= 15 is 0 Å². The van der Waals surface area contributed by atoms with Gasteiger partial charge in [-0.25, -0.2) is 0 Å². The van der Waals surface area contributed by atoms with Gasteiger partial charge in [-0.05, 0) is 58.9 Å². The Morgan fingerprint density at radius 1 is 1.38 bits per heavy atom. The Balaban J connectivity index is 1.65. The van der Waals surface area contributed by atoms with Gasteiger partial charge in [0.25, 0.3) is 0 Å². The summed E-state index contributed by atoms with van der Waals surface area (Å²) in [6.07, 6.45) is 5.63. The highest BCUT2D eigenvalue weighted by Crippen LogP contribution is 2.33. The molecule has 1 aromatic rings. The van der Waals surface area contributed by atoms with Gasteiger partial charge in [0.2, 0.25) is 0 Å². The van der Waals surface area contributed by atoms with E-state index in [1.807, 2.05) is 6.07 Å². The Hall–Kier alpha value is -0.540. The Labute approximate surface area is 106 Å². The van der Waals surface area contributed by atoms with Crippen molar-refractivity contribution >= 4 is 21.6 Å². The van der Waals surface area contributed by atoms with E-state index in [9.17, 15) is 0 Å². The summed E-state index contributed by atoms with van der Waals surface area (Å²) in [6, 6.07) is 6.11. The molecule has 1 saturated carbocycles. The predicted molar refractivity (Wildman–Crippen MR) is 72.2 cm³/mol. The van der Waals surface area contributed by atoms with Gasteiger partial charge in [0.15, 0.2) is 0 Å². The van der Waals surface area contributed by atoms with Gasteiger partial charge in [-0.2, -0.15) is 0 Å². The number of halogens is 1. The van der Waals surface area contributed by atoms with Crippen molar-refractivity contribution in [3.63, 3.8) is 0 Å². The first-order valence-corrected chi connectivity index (χ1v) is 6.79. The van der Waals surface area contributed by atoms with Crippen LogP contribution in [0.5, 0.6) is 0 Å². The molecule has 0 unspecified atom stereocenters. The van der Waals surface area contributed by atoms with Crippen LogP contribution in [0, 0.1) is 5.92 Å². The second kappa shape index (κ2) is 5.69. The number of benzene rings is 1. The maximum Gasteiger partial charge on any atom is 0.0458 e. The highest BCUT2D eigenvalue weighted by molar-refractivity contribution is 9.10. The molecule has 88 valence electrons. The molecule has 0 heterocycles. The fraction of sp³-hybridized carbons (Fsp3) is 0.538. The zero-order valence-corrected chi connectivity index (χ0v) is 11.1. The summed E-state index contributed by atoms with van der Waals surface area (Å²) in [5.41, 5.74) is 7.83. The second-order valence-corrected chi connectivity index (χ2v) is 5.47. The fourth-order valence-corrected chi connectivity index (χ4v) is 2.26. The van der Waals surface area contributed by atoms with Crippen LogP contribution in [0.15, 0.2) is 22.7 Å². The van der Waals surface area contributed by atoms with Crippen molar-refractivity contribution in [1.29, 1.82) is 0 Å². The van der Waals surface area contributed by atoms with E-state index in [1.165, 1.54) is 31.2 Å². The maximum absolute atomic E-state index is 5.74. The minimum Gasteiger partial charge on any atom is -0.398 e. The van der Waals surface area contributed by atoms with Gasteiger partial charge >= 0.3 is 0 Å². The van der Waals surface area contributed by atoms with Crippen molar-refractivity contribution in [3.05, 3.63) is 28.2 Å². The lowest BCUT2D eigenvalue weighted by Gasteiger charge is -2.06. The van der Waals surface area contributed by atoms with E-state index in [4.69, 9.17) is 5.73 Å². The quantitative estimate of drug-likeness (QED) is 0.621. The third-order valence-corrected chi connectivity index (χ3v) is 3.74. The van der Waals surface area contributed by atoms with Crippen LogP contribution in [0.3, 0.4) is 0 Å². The van der Waals surface area contributed by atoms with Crippen LogP contribution >= 0.6 is 15.9 Å². The molecule has 0 saturated heterocycles. The van der Waals surface area contributed by atoms with Gasteiger partial charge in [-0.3, -0.25) is 0 Å².